The Morgan fingerprint density at radius 1 is 0.917 bits per heavy atom. The van der Waals surface area contributed by atoms with Crippen LogP contribution in [0.5, 0.6) is 0 Å². The summed E-state index contributed by atoms with van der Waals surface area (Å²) in [5.41, 5.74) is 0.644. The molecule has 0 atom stereocenters. The highest BCUT2D eigenvalue weighted by Gasteiger charge is 2.05. The molecule has 0 spiro atoms. The predicted octanol–water partition coefficient (Wildman–Crippen LogP) is 6.63. The van der Waals surface area contributed by atoms with Crippen molar-refractivity contribution < 1.29 is 4.79 Å². The number of nitrogens with zero attached hydrogens (tertiary/aromatic N) is 1. The molecule has 0 saturated heterocycles. The number of ketones is 1. The number of nitrogens with one attached hydrogen (secondary N) is 1. The SMILES string of the molecule is CCCCCCCCC=CCCCCCCCC(=O)c1cnc[nH]1. The van der Waals surface area contributed by atoms with Gasteiger partial charge in [-0.05, 0) is 32.1 Å². The van der Waals surface area contributed by atoms with Crippen molar-refractivity contribution in [1.29, 1.82) is 0 Å². The van der Waals surface area contributed by atoms with Crippen LogP contribution in [0.4, 0.5) is 0 Å². The van der Waals surface area contributed by atoms with E-state index in [0.717, 1.165) is 12.8 Å². The van der Waals surface area contributed by atoms with E-state index >= 15 is 0 Å². The molecule has 1 aromatic heterocycles. The zero-order chi connectivity index (χ0) is 17.3. The molecule has 0 bridgehead atoms. The number of H-pyrrole nitrogens is 1. The van der Waals surface area contributed by atoms with E-state index in [1.54, 1.807) is 12.5 Å². The summed E-state index contributed by atoms with van der Waals surface area (Å²) in [6.07, 6.45) is 25.2. The van der Waals surface area contributed by atoms with Gasteiger partial charge in [-0.1, -0.05) is 70.4 Å². The van der Waals surface area contributed by atoms with Crippen LogP contribution in [-0.4, -0.2) is 15.8 Å². The van der Waals surface area contributed by atoms with Gasteiger partial charge in [0.25, 0.3) is 0 Å². The predicted molar refractivity (Wildman–Crippen MR) is 102 cm³/mol. The largest absolute Gasteiger partial charge is 0.342 e. The summed E-state index contributed by atoms with van der Waals surface area (Å²) in [5, 5.41) is 0. The molecule has 1 heterocycles. The third-order valence-electron chi connectivity index (χ3n) is 4.46. The Kier molecular flexibility index (Phi) is 13.1. The minimum Gasteiger partial charge on any atom is -0.342 e. The lowest BCUT2D eigenvalue weighted by atomic mass is 10.1. The smallest absolute Gasteiger partial charge is 0.180 e. The van der Waals surface area contributed by atoms with Crippen molar-refractivity contribution in [3.05, 3.63) is 30.4 Å². The number of aromatic nitrogens is 2. The highest BCUT2D eigenvalue weighted by Crippen LogP contribution is 2.11. The Bertz CT molecular complexity index is 423. The first-order valence-electron chi connectivity index (χ1n) is 10.0. The molecule has 136 valence electrons. The van der Waals surface area contributed by atoms with E-state index in [4.69, 9.17) is 0 Å². The van der Waals surface area contributed by atoms with Gasteiger partial charge in [0.1, 0.15) is 5.69 Å². The molecule has 3 heteroatoms. The molecule has 1 aromatic rings. The second kappa shape index (κ2) is 15.2. The standard InChI is InChI=1S/C21H36N2O/c1-2-3-4-5-6-7-8-9-10-11-12-13-14-15-16-17-21(24)20-18-22-19-23-20/h9-10,18-19H,2-8,11-17H2,1H3,(H,22,23). The van der Waals surface area contributed by atoms with Gasteiger partial charge in [-0.15, -0.1) is 0 Å². The minimum atomic E-state index is 0.185. The molecule has 0 aliphatic rings. The van der Waals surface area contributed by atoms with Gasteiger partial charge in [-0.2, -0.15) is 0 Å². The lowest BCUT2D eigenvalue weighted by Gasteiger charge is -2.00. The van der Waals surface area contributed by atoms with Crippen LogP contribution in [-0.2, 0) is 0 Å². The topological polar surface area (TPSA) is 45.8 Å². The van der Waals surface area contributed by atoms with Crippen LogP contribution in [0.3, 0.4) is 0 Å². The minimum absolute atomic E-state index is 0.185. The van der Waals surface area contributed by atoms with E-state index in [-0.39, 0.29) is 5.78 Å². The van der Waals surface area contributed by atoms with Crippen molar-refractivity contribution in [2.24, 2.45) is 0 Å². The first-order chi connectivity index (χ1) is 11.8. The zero-order valence-electron chi connectivity index (χ0n) is 15.6. The first-order valence-corrected chi connectivity index (χ1v) is 10.0. The van der Waals surface area contributed by atoms with Crippen molar-refractivity contribution in [3.63, 3.8) is 0 Å². The highest BCUT2D eigenvalue weighted by atomic mass is 16.1. The van der Waals surface area contributed by atoms with Crippen molar-refractivity contribution in [3.8, 4) is 0 Å². The number of hydrogen-bond donors (Lipinski definition) is 1. The van der Waals surface area contributed by atoms with Crippen LogP contribution < -0.4 is 0 Å². The van der Waals surface area contributed by atoms with E-state index in [9.17, 15) is 4.79 Å². The molecule has 24 heavy (non-hydrogen) atoms. The molecular formula is C21H36N2O. The lowest BCUT2D eigenvalue weighted by molar-refractivity contribution is 0.0975. The molecule has 0 fully saturated rings. The molecule has 0 amide bonds. The van der Waals surface area contributed by atoms with Crippen LogP contribution in [0.2, 0.25) is 0 Å². The molecule has 1 rings (SSSR count). The number of rotatable bonds is 16. The van der Waals surface area contributed by atoms with Gasteiger partial charge >= 0.3 is 0 Å². The van der Waals surface area contributed by atoms with Gasteiger partial charge in [-0.25, -0.2) is 4.98 Å². The highest BCUT2D eigenvalue weighted by molar-refractivity contribution is 5.93. The summed E-state index contributed by atoms with van der Waals surface area (Å²) in [5.74, 6) is 0.185. The quantitative estimate of drug-likeness (QED) is 0.210. The molecule has 0 aromatic carbocycles. The van der Waals surface area contributed by atoms with Crippen molar-refractivity contribution in [1.82, 2.24) is 9.97 Å². The Hall–Kier alpha value is -1.38. The summed E-state index contributed by atoms with van der Waals surface area (Å²) < 4.78 is 0. The first kappa shape index (κ1) is 20.7. The fourth-order valence-corrected chi connectivity index (χ4v) is 2.90. The molecule has 0 aliphatic heterocycles. The maximum absolute atomic E-state index is 11.8. The molecule has 0 radical (unpaired) electrons. The molecule has 0 saturated carbocycles. The van der Waals surface area contributed by atoms with Gasteiger partial charge in [0.15, 0.2) is 5.78 Å². The van der Waals surface area contributed by atoms with Gasteiger partial charge in [0.05, 0.1) is 12.5 Å². The Labute approximate surface area is 148 Å². The zero-order valence-corrected chi connectivity index (χ0v) is 15.6. The Balaban J connectivity index is 1.80. The number of unbranched alkanes of at least 4 members (excludes halogenated alkanes) is 11. The summed E-state index contributed by atoms with van der Waals surface area (Å²) in [4.78, 5) is 18.5. The summed E-state index contributed by atoms with van der Waals surface area (Å²) >= 11 is 0. The summed E-state index contributed by atoms with van der Waals surface area (Å²) in [6.45, 7) is 2.27. The van der Waals surface area contributed by atoms with Gasteiger partial charge in [0, 0.05) is 6.42 Å². The van der Waals surface area contributed by atoms with E-state index < -0.39 is 0 Å². The average Bonchev–Trinajstić information content (AvgIpc) is 3.13. The summed E-state index contributed by atoms with van der Waals surface area (Å²) in [7, 11) is 0. The van der Waals surface area contributed by atoms with E-state index in [1.165, 1.54) is 70.6 Å². The van der Waals surface area contributed by atoms with Gasteiger partial charge < -0.3 is 4.98 Å². The number of aromatic amines is 1. The summed E-state index contributed by atoms with van der Waals surface area (Å²) in [6, 6.07) is 0. The lowest BCUT2D eigenvalue weighted by Crippen LogP contribution is -1.98. The maximum atomic E-state index is 11.8. The number of carbonyl (C=O) groups is 1. The van der Waals surface area contributed by atoms with Crippen LogP contribution >= 0.6 is 0 Å². The third kappa shape index (κ3) is 11.2. The van der Waals surface area contributed by atoms with Crippen LogP contribution in [0.15, 0.2) is 24.7 Å². The number of imidazole rings is 1. The van der Waals surface area contributed by atoms with Crippen LogP contribution in [0.25, 0.3) is 0 Å². The maximum Gasteiger partial charge on any atom is 0.180 e. The monoisotopic (exact) mass is 332 g/mol. The Morgan fingerprint density at radius 3 is 2.08 bits per heavy atom. The van der Waals surface area contributed by atoms with E-state index in [0.29, 0.717) is 12.1 Å². The average molecular weight is 333 g/mol. The second-order valence-corrected chi connectivity index (χ2v) is 6.72. The van der Waals surface area contributed by atoms with Crippen molar-refractivity contribution in [2.75, 3.05) is 0 Å². The third-order valence-corrected chi connectivity index (χ3v) is 4.46. The molecule has 0 unspecified atom stereocenters. The molecule has 0 aliphatic carbocycles. The molecular weight excluding hydrogens is 296 g/mol. The van der Waals surface area contributed by atoms with E-state index in [2.05, 4.69) is 29.0 Å². The number of allylic oxidation sites excluding steroid dienone is 2. The van der Waals surface area contributed by atoms with Crippen LogP contribution in [0.1, 0.15) is 107 Å². The van der Waals surface area contributed by atoms with Gasteiger partial charge in [0.2, 0.25) is 0 Å². The fourth-order valence-electron chi connectivity index (χ4n) is 2.90. The van der Waals surface area contributed by atoms with Crippen molar-refractivity contribution >= 4 is 5.78 Å². The number of hydrogen-bond acceptors (Lipinski definition) is 2. The fraction of sp³-hybridized carbons (Fsp3) is 0.714. The number of carbonyl (C=O) groups excluding carboxylic acids is 1. The van der Waals surface area contributed by atoms with E-state index in [1.807, 2.05) is 0 Å². The Morgan fingerprint density at radius 2 is 1.50 bits per heavy atom. The second-order valence-electron chi connectivity index (χ2n) is 6.72. The van der Waals surface area contributed by atoms with Gasteiger partial charge in [-0.3, -0.25) is 4.79 Å². The molecule has 1 N–H and O–H groups in total. The normalized spacial score (nSPS) is 11.4. The number of Topliss-reactive ketones (excluding diaryl/α,β-unsaturated/α-hetero) is 1. The molecule has 3 nitrogen and oxygen atoms in total. The van der Waals surface area contributed by atoms with Crippen LogP contribution in [0, 0.1) is 0 Å². The van der Waals surface area contributed by atoms with Crippen molar-refractivity contribution in [2.45, 2.75) is 96.8 Å².